The third kappa shape index (κ3) is 4.66. The van der Waals surface area contributed by atoms with Crippen molar-refractivity contribution < 1.29 is 22.7 Å². The van der Waals surface area contributed by atoms with E-state index in [4.69, 9.17) is 9.47 Å². The monoisotopic (exact) mass is 499 g/mol. The van der Waals surface area contributed by atoms with Crippen LogP contribution >= 0.6 is 11.3 Å². The molecule has 0 spiro atoms. The van der Waals surface area contributed by atoms with Gasteiger partial charge in [0.1, 0.15) is 18.2 Å². The molecule has 3 aromatic rings. The van der Waals surface area contributed by atoms with Crippen molar-refractivity contribution in [2.45, 2.75) is 18.2 Å². The Balaban J connectivity index is 1.20. The van der Waals surface area contributed by atoms with Crippen molar-refractivity contribution in [2.75, 3.05) is 39.4 Å². The maximum Gasteiger partial charge on any atom is 0.243 e. The van der Waals surface area contributed by atoms with Gasteiger partial charge in [0, 0.05) is 43.2 Å². The Morgan fingerprint density at radius 2 is 1.71 bits per heavy atom. The molecule has 0 bridgehead atoms. The Hall–Kier alpha value is -2.95. The predicted molar refractivity (Wildman–Crippen MR) is 129 cm³/mol. The van der Waals surface area contributed by atoms with E-state index in [2.05, 4.69) is 4.98 Å². The smallest absolute Gasteiger partial charge is 0.243 e. The SMILES string of the molecule is Cc1ccc(-c2nc(CC(=O)N3CCN(S(=O)(=O)c4ccc5c(c4)OCCO5)CC3)cs2)cc1. The summed E-state index contributed by atoms with van der Waals surface area (Å²) >= 11 is 1.52. The molecule has 0 aliphatic carbocycles. The highest BCUT2D eigenvalue weighted by Crippen LogP contribution is 2.33. The number of aryl methyl sites for hydroxylation is 1. The molecule has 1 fully saturated rings. The van der Waals surface area contributed by atoms with E-state index in [1.807, 2.05) is 36.6 Å². The second kappa shape index (κ2) is 9.36. The first kappa shape index (κ1) is 22.8. The van der Waals surface area contributed by atoms with Crippen molar-refractivity contribution in [1.82, 2.24) is 14.2 Å². The number of thiazole rings is 1. The normalized spacial score (nSPS) is 16.4. The van der Waals surface area contributed by atoms with Crippen LogP contribution in [0.3, 0.4) is 0 Å². The summed E-state index contributed by atoms with van der Waals surface area (Å²) in [5.74, 6) is 0.944. The fourth-order valence-electron chi connectivity index (χ4n) is 3.99. The van der Waals surface area contributed by atoms with Gasteiger partial charge in [0.15, 0.2) is 11.5 Å². The number of sulfonamides is 1. The van der Waals surface area contributed by atoms with E-state index in [0.29, 0.717) is 37.8 Å². The summed E-state index contributed by atoms with van der Waals surface area (Å²) in [6.07, 6.45) is 0.206. The number of rotatable bonds is 5. The van der Waals surface area contributed by atoms with Gasteiger partial charge >= 0.3 is 0 Å². The summed E-state index contributed by atoms with van der Waals surface area (Å²) < 4.78 is 38.6. The Morgan fingerprint density at radius 3 is 2.44 bits per heavy atom. The standard InChI is InChI=1S/C24H25N3O5S2/c1-17-2-4-18(5-3-17)24-25-19(16-33-24)14-23(28)26-8-10-27(11-9-26)34(29,30)20-6-7-21-22(15-20)32-13-12-31-21/h2-7,15-16H,8-14H2,1H3. The van der Waals surface area contributed by atoms with E-state index in [1.54, 1.807) is 11.0 Å². The van der Waals surface area contributed by atoms with E-state index in [1.165, 1.54) is 33.3 Å². The van der Waals surface area contributed by atoms with Crippen LogP contribution in [0.2, 0.25) is 0 Å². The molecule has 178 valence electrons. The lowest BCUT2D eigenvalue weighted by Gasteiger charge is -2.34. The topological polar surface area (TPSA) is 89.0 Å². The van der Waals surface area contributed by atoms with Crippen LogP contribution in [0.25, 0.3) is 10.6 Å². The maximum atomic E-state index is 13.1. The molecule has 8 nitrogen and oxygen atoms in total. The molecule has 0 unspecified atom stereocenters. The van der Waals surface area contributed by atoms with Gasteiger partial charge in [0.2, 0.25) is 15.9 Å². The van der Waals surface area contributed by atoms with Crippen LogP contribution in [0.4, 0.5) is 0 Å². The predicted octanol–water partition coefficient (Wildman–Crippen LogP) is 2.97. The molecule has 0 N–H and O–H groups in total. The first-order chi connectivity index (χ1) is 16.4. The maximum absolute atomic E-state index is 13.1. The lowest BCUT2D eigenvalue weighted by atomic mass is 10.2. The second-order valence-corrected chi connectivity index (χ2v) is 11.1. The molecule has 10 heteroatoms. The first-order valence-corrected chi connectivity index (χ1v) is 13.4. The Morgan fingerprint density at radius 1 is 1.00 bits per heavy atom. The molecule has 1 saturated heterocycles. The van der Waals surface area contributed by atoms with Crippen LogP contribution in [0.5, 0.6) is 11.5 Å². The second-order valence-electron chi connectivity index (χ2n) is 8.28. The quantitative estimate of drug-likeness (QED) is 0.536. The number of fused-ring (bicyclic) bond motifs is 1. The molecule has 2 aliphatic rings. The lowest BCUT2D eigenvalue weighted by Crippen LogP contribution is -2.50. The van der Waals surface area contributed by atoms with Gasteiger partial charge in [0.05, 0.1) is 17.0 Å². The molecule has 5 rings (SSSR count). The Labute approximate surface area is 202 Å². The highest BCUT2D eigenvalue weighted by Gasteiger charge is 2.31. The third-order valence-electron chi connectivity index (χ3n) is 5.93. The molecule has 3 heterocycles. The summed E-state index contributed by atoms with van der Waals surface area (Å²) in [4.78, 5) is 19.3. The first-order valence-electron chi connectivity index (χ1n) is 11.1. The molecule has 0 atom stereocenters. The van der Waals surface area contributed by atoms with Gasteiger partial charge in [-0.15, -0.1) is 11.3 Å². The average molecular weight is 500 g/mol. The zero-order valence-electron chi connectivity index (χ0n) is 18.8. The minimum atomic E-state index is -3.68. The Kier molecular flexibility index (Phi) is 6.28. The molecule has 1 aromatic heterocycles. The number of carbonyl (C=O) groups excluding carboxylic acids is 1. The fourth-order valence-corrected chi connectivity index (χ4v) is 6.26. The van der Waals surface area contributed by atoms with Gasteiger partial charge in [-0.05, 0) is 19.1 Å². The van der Waals surface area contributed by atoms with E-state index < -0.39 is 10.0 Å². The molecule has 1 amide bonds. The molecule has 2 aliphatic heterocycles. The van der Waals surface area contributed by atoms with Crippen molar-refractivity contribution in [2.24, 2.45) is 0 Å². The number of carbonyl (C=O) groups is 1. The largest absolute Gasteiger partial charge is 0.486 e. The van der Waals surface area contributed by atoms with Gasteiger partial charge in [-0.3, -0.25) is 4.79 Å². The molecular weight excluding hydrogens is 474 g/mol. The van der Waals surface area contributed by atoms with Crippen LogP contribution < -0.4 is 9.47 Å². The summed E-state index contributed by atoms with van der Waals surface area (Å²) in [6.45, 7) is 4.06. The average Bonchev–Trinajstić information content (AvgIpc) is 3.32. The van der Waals surface area contributed by atoms with Crippen LogP contribution in [0, 0.1) is 6.92 Å². The van der Waals surface area contributed by atoms with Gasteiger partial charge < -0.3 is 14.4 Å². The van der Waals surface area contributed by atoms with E-state index in [-0.39, 0.29) is 30.3 Å². The van der Waals surface area contributed by atoms with E-state index >= 15 is 0 Å². The molecule has 2 aromatic carbocycles. The van der Waals surface area contributed by atoms with Gasteiger partial charge in [-0.25, -0.2) is 13.4 Å². The third-order valence-corrected chi connectivity index (χ3v) is 8.76. The molecule has 0 radical (unpaired) electrons. The number of amides is 1. The number of nitrogens with zero attached hydrogens (tertiary/aromatic N) is 3. The Bertz CT molecular complexity index is 1300. The molecule has 34 heavy (non-hydrogen) atoms. The van der Waals surface area contributed by atoms with Crippen LogP contribution in [-0.4, -0.2) is 67.9 Å². The highest BCUT2D eigenvalue weighted by molar-refractivity contribution is 7.89. The minimum Gasteiger partial charge on any atom is -0.486 e. The summed E-state index contributed by atoms with van der Waals surface area (Å²) in [5.41, 5.74) is 2.95. The van der Waals surface area contributed by atoms with Crippen molar-refractivity contribution in [3.8, 4) is 22.1 Å². The van der Waals surface area contributed by atoms with Crippen molar-refractivity contribution >= 4 is 27.3 Å². The lowest BCUT2D eigenvalue weighted by molar-refractivity contribution is -0.131. The van der Waals surface area contributed by atoms with Gasteiger partial charge in [-0.1, -0.05) is 29.8 Å². The van der Waals surface area contributed by atoms with Crippen molar-refractivity contribution in [3.63, 3.8) is 0 Å². The summed E-state index contributed by atoms with van der Waals surface area (Å²) in [7, 11) is -3.68. The number of ether oxygens (including phenoxy) is 2. The molecular formula is C24H25N3O5S2. The zero-order chi connectivity index (χ0) is 23.7. The van der Waals surface area contributed by atoms with Crippen LogP contribution in [-0.2, 0) is 21.2 Å². The van der Waals surface area contributed by atoms with Crippen LogP contribution in [0.1, 0.15) is 11.3 Å². The fraction of sp³-hybridized carbons (Fsp3) is 0.333. The van der Waals surface area contributed by atoms with Gasteiger partial charge in [-0.2, -0.15) is 4.31 Å². The highest BCUT2D eigenvalue weighted by atomic mass is 32.2. The number of benzene rings is 2. The summed E-state index contributed by atoms with van der Waals surface area (Å²) in [6, 6.07) is 12.8. The minimum absolute atomic E-state index is 0.0443. The van der Waals surface area contributed by atoms with Crippen molar-refractivity contribution in [1.29, 1.82) is 0 Å². The van der Waals surface area contributed by atoms with Gasteiger partial charge in [0.25, 0.3) is 0 Å². The zero-order valence-corrected chi connectivity index (χ0v) is 20.4. The summed E-state index contributed by atoms with van der Waals surface area (Å²) in [5, 5.41) is 2.80. The van der Waals surface area contributed by atoms with E-state index in [0.717, 1.165) is 16.3 Å². The van der Waals surface area contributed by atoms with E-state index in [9.17, 15) is 13.2 Å². The number of aromatic nitrogens is 1. The van der Waals surface area contributed by atoms with Crippen LogP contribution in [0.15, 0.2) is 52.7 Å². The number of hydrogen-bond donors (Lipinski definition) is 0. The van der Waals surface area contributed by atoms with Crippen molar-refractivity contribution in [3.05, 3.63) is 59.1 Å². The number of hydrogen-bond acceptors (Lipinski definition) is 7. The molecule has 0 saturated carbocycles. The number of piperazine rings is 1.